The van der Waals surface area contributed by atoms with Gasteiger partial charge in [-0.1, -0.05) is 179 Å². The highest BCUT2D eigenvalue weighted by atomic mass is 32.2. The Kier molecular flexibility index (Phi) is 46.0. The summed E-state index contributed by atoms with van der Waals surface area (Å²) >= 11 is 0.699. The van der Waals surface area contributed by atoms with Gasteiger partial charge in [0.1, 0.15) is 96.4 Å². The number of amides is 16. The second-order valence-corrected chi connectivity index (χ2v) is 38.8. The number of fused-ring (bicyclic) bond motifs is 1. The first-order valence-corrected chi connectivity index (χ1v) is 49.9. The fourth-order valence-electron chi connectivity index (χ4n) is 16.7. The molecule has 43 heteroatoms. The lowest BCUT2D eigenvalue weighted by atomic mass is 9.84. The summed E-state index contributed by atoms with van der Waals surface area (Å²) in [5, 5.41) is 71.8. The number of nitrogens with two attached hydrogens (primary N) is 3. The molecule has 1 saturated carbocycles. The number of aromatic amines is 1. The molecule has 1 aliphatic heterocycles. The van der Waals surface area contributed by atoms with E-state index in [-0.39, 0.29) is 94.0 Å². The summed E-state index contributed by atoms with van der Waals surface area (Å²) in [5.41, 5.74) is 21.6. The van der Waals surface area contributed by atoms with E-state index in [0.717, 1.165) is 37.3 Å². The van der Waals surface area contributed by atoms with Crippen LogP contribution in [-0.2, 0) is 112 Å². The number of nitrogens with one attached hydrogen (secondary N) is 16. The third-order valence-electron chi connectivity index (χ3n) is 25.0. The Morgan fingerprint density at radius 1 is 0.465 bits per heavy atom. The normalized spacial score (nSPS) is 23.8. The summed E-state index contributed by atoms with van der Waals surface area (Å²) in [6.07, 6.45) is 3.83. The maximum absolute atomic E-state index is 15.5. The number of aliphatic hydroxyl groups excluding tert-OH is 1. The number of ether oxygens (including phenoxy) is 1. The van der Waals surface area contributed by atoms with Crippen molar-refractivity contribution in [2.75, 3.05) is 31.2 Å². The molecule has 25 N–H and O–H groups in total. The van der Waals surface area contributed by atoms with Crippen molar-refractivity contribution in [2.24, 2.45) is 46.8 Å². The van der Waals surface area contributed by atoms with Crippen LogP contribution in [0.3, 0.4) is 0 Å². The minimum absolute atomic E-state index is 0.0211. The number of hydrogen-bond acceptors (Lipinski definition) is 24. The van der Waals surface area contributed by atoms with Crippen molar-refractivity contribution in [1.82, 2.24) is 89.7 Å². The number of thioether (sulfide) groups is 1. The van der Waals surface area contributed by atoms with Crippen LogP contribution in [0.1, 0.15) is 169 Å². The summed E-state index contributed by atoms with van der Waals surface area (Å²) in [6.45, 7) is 14.7. The fourth-order valence-corrected chi connectivity index (χ4v) is 17.5. The van der Waals surface area contributed by atoms with E-state index >= 15 is 43.2 Å². The highest BCUT2D eigenvalue weighted by molar-refractivity contribution is 8.00. The van der Waals surface area contributed by atoms with Crippen molar-refractivity contribution < 1.29 is 106 Å². The van der Waals surface area contributed by atoms with Gasteiger partial charge in [-0.3, -0.25) is 86.5 Å². The van der Waals surface area contributed by atoms with Crippen LogP contribution in [0.25, 0.3) is 22.0 Å². The summed E-state index contributed by atoms with van der Waals surface area (Å²) in [6, 6.07) is 7.71. The second kappa shape index (κ2) is 57.4. The third kappa shape index (κ3) is 36.5. The number of hydrogen-bond donors (Lipinski definition) is 22. The van der Waals surface area contributed by atoms with Crippen molar-refractivity contribution in [2.45, 2.75) is 269 Å². The molecule has 0 radical (unpaired) electrons. The molecular formula is C101H140N20O22S. The zero-order valence-electron chi connectivity index (χ0n) is 82.9. The van der Waals surface area contributed by atoms with Gasteiger partial charge in [0, 0.05) is 60.9 Å². The van der Waals surface area contributed by atoms with Gasteiger partial charge in [0.05, 0.1) is 18.3 Å². The van der Waals surface area contributed by atoms with Crippen LogP contribution in [0.15, 0.2) is 134 Å². The predicted octanol–water partition coefficient (Wildman–Crippen LogP) is 0.806. The van der Waals surface area contributed by atoms with Gasteiger partial charge >= 0.3 is 11.9 Å². The molecule has 8 rings (SSSR count). The lowest BCUT2D eigenvalue weighted by molar-refractivity contribution is -0.142. The van der Waals surface area contributed by atoms with E-state index in [1.165, 1.54) is 55.7 Å². The fraction of sp³-hybridized carbons (Fsp3) is 0.515. The molecule has 16 amide bonds. The van der Waals surface area contributed by atoms with Crippen molar-refractivity contribution in [3.63, 3.8) is 0 Å². The van der Waals surface area contributed by atoms with Crippen molar-refractivity contribution in [1.29, 1.82) is 0 Å². The van der Waals surface area contributed by atoms with Crippen LogP contribution in [0.4, 0.5) is 0 Å². The number of carboxylic acids is 2. The number of carbonyl (C=O) groups is 18. The molecule has 0 bridgehead atoms. The Hall–Kier alpha value is -13.9. The zero-order chi connectivity index (χ0) is 106. The van der Waals surface area contributed by atoms with Gasteiger partial charge in [-0.15, -0.1) is 11.8 Å². The molecule has 782 valence electrons. The average molecular weight is 2020 g/mol. The maximum Gasteiger partial charge on any atom is 0.341 e. The SMILES string of the molecule is CCC(C)[C@@H]1NC(=O)[C@H](Cc2ccc(-c3ccccc3)cc2)NC(=O)[C@H](C(C)C)NC(=O)[C@H](Cc2c[nH]c3ccccc23)NC(=O)[C@H](CC(=O)O)NC(=O)[C@H](Cc2ccc(OCC(=O)O)cc2)NC(=O)[C@H](Cc2ccncc2)NC(=O)CSC[C@@H](C(=O)N[C@@H](C)C(N)=O)NC(=O)[C@H](C(C)O)NC(=O)[C@H](C(C)C)NC(=O)[C@H](CC2CCCCC2)NC(=O)[C@H](CCN)NC(=O)[C@@H](CC(C)C)NC(=O)[C@H](CCCN)NC1=O. The summed E-state index contributed by atoms with van der Waals surface area (Å²) in [4.78, 5) is 270. The number of para-hydroxylation sites is 1. The van der Waals surface area contributed by atoms with Crippen LogP contribution in [0.2, 0.25) is 0 Å². The van der Waals surface area contributed by atoms with Gasteiger partial charge in [0.15, 0.2) is 6.61 Å². The smallest absolute Gasteiger partial charge is 0.341 e. The number of pyridine rings is 1. The van der Waals surface area contributed by atoms with E-state index in [9.17, 15) is 58.5 Å². The molecule has 1 aliphatic carbocycles. The Morgan fingerprint density at radius 3 is 1.47 bits per heavy atom. The highest BCUT2D eigenvalue weighted by Gasteiger charge is 2.42. The van der Waals surface area contributed by atoms with Gasteiger partial charge < -0.3 is 122 Å². The van der Waals surface area contributed by atoms with Gasteiger partial charge in [-0.25, -0.2) is 4.79 Å². The second-order valence-electron chi connectivity index (χ2n) is 37.8. The summed E-state index contributed by atoms with van der Waals surface area (Å²) in [7, 11) is 0. The average Bonchev–Trinajstić information content (AvgIpc) is 1.63. The third-order valence-corrected chi connectivity index (χ3v) is 26.1. The lowest BCUT2D eigenvalue weighted by Gasteiger charge is -2.31. The molecule has 4 aromatic carbocycles. The molecule has 2 fully saturated rings. The quantitative estimate of drug-likeness (QED) is 0.0286. The van der Waals surface area contributed by atoms with Crippen LogP contribution >= 0.6 is 11.8 Å². The summed E-state index contributed by atoms with van der Waals surface area (Å²) < 4.78 is 5.35. The van der Waals surface area contributed by atoms with E-state index in [1.54, 1.807) is 98.0 Å². The minimum atomic E-state index is -2.11. The zero-order valence-corrected chi connectivity index (χ0v) is 83.7. The van der Waals surface area contributed by atoms with E-state index in [2.05, 4.69) is 89.7 Å². The number of rotatable bonds is 31. The van der Waals surface area contributed by atoms with E-state index < -0.39 is 252 Å². The molecule has 144 heavy (non-hydrogen) atoms. The molecule has 3 heterocycles. The number of aromatic nitrogens is 2. The van der Waals surface area contributed by atoms with Crippen LogP contribution < -0.4 is 102 Å². The minimum Gasteiger partial charge on any atom is -0.482 e. The number of aliphatic carboxylic acids is 2. The number of primary amides is 1. The number of aliphatic hydroxyl groups is 1. The van der Waals surface area contributed by atoms with E-state index in [0.29, 0.717) is 52.2 Å². The topological polar surface area (TPSA) is 664 Å². The molecule has 2 aliphatic rings. The van der Waals surface area contributed by atoms with Gasteiger partial charge in [0.25, 0.3) is 0 Å². The number of nitrogens with zero attached hydrogens (tertiary/aromatic N) is 1. The van der Waals surface area contributed by atoms with Gasteiger partial charge in [0.2, 0.25) is 94.5 Å². The number of benzene rings is 4. The highest BCUT2D eigenvalue weighted by Crippen LogP contribution is 2.29. The number of carbonyl (C=O) groups excluding carboxylic acids is 16. The van der Waals surface area contributed by atoms with E-state index in [1.807, 2.05) is 42.5 Å². The van der Waals surface area contributed by atoms with Crippen LogP contribution in [-0.4, -0.2) is 260 Å². The van der Waals surface area contributed by atoms with Crippen LogP contribution in [0.5, 0.6) is 5.75 Å². The summed E-state index contributed by atoms with van der Waals surface area (Å²) in [5.74, 6) is -22.9. The molecule has 0 spiro atoms. The standard InChI is InChI=1S/C101H140N20O22S/c1-11-57(8)85-100(141)110-70(27-20-39-102)88(129)111-72(43-54(2)3)90(131)109-71(36-40-103)89(130)112-75(44-60-21-14-12-15-22-60)94(135)119-84(56(6)7)99(140)121-86(59(10)122)101(142)117-79(97(138)107-58(9)87(104)128)52-144-53-80(123)108-73(47-63-37-41-105-42-38-63)91(132)113-74(46-62-30-34-67(35-31-62)143-51-82(126)127)92(133)115-78(49-81(124)125)93(134)114-77(48-66-50-106-69-26-19-18-25-68(66)69)96(137)118-83(55(4)5)98(139)116-76(95(136)120-85)45-61-28-32-65(33-29-61)64-23-16-13-17-24-64/h13,16-19,23-26,28-35,37-38,41-42,50,54-60,70-79,83-86,106,122H,11-12,14-15,20-22,27,36,39-40,43-49,51-53,102-103H2,1-10H3,(H2,104,128)(H,107,138)(H,108,123)(H,109,131)(H,110,141)(H,111,129)(H,112,130)(H,113,132)(H,114,134)(H,115,133)(H,116,139)(H,117,142)(H,118,137)(H,119,135)(H,120,136)(H,121,140)(H,124,125)(H,126,127)/t57?,58-,59?,70-,71-,72+,73-,74-,75-,76-,77-,78-,79-,83-,84-,85-,86-/m0/s1. The monoisotopic (exact) mass is 2020 g/mol. The molecule has 2 aromatic heterocycles. The largest absolute Gasteiger partial charge is 0.482 e. The van der Waals surface area contributed by atoms with Crippen molar-refractivity contribution in [3.8, 4) is 16.9 Å². The van der Waals surface area contributed by atoms with Crippen molar-refractivity contribution >= 4 is 129 Å². The molecule has 17 atom stereocenters. The Bertz CT molecular complexity index is 5380. The van der Waals surface area contributed by atoms with E-state index in [4.69, 9.17) is 21.9 Å². The number of H-pyrrole nitrogens is 1. The predicted molar refractivity (Wildman–Crippen MR) is 536 cm³/mol. The molecule has 42 nitrogen and oxygen atoms in total. The first-order chi connectivity index (χ1) is 68.5. The Morgan fingerprint density at radius 2 is 0.917 bits per heavy atom. The van der Waals surface area contributed by atoms with Crippen molar-refractivity contribution in [3.05, 3.63) is 156 Å². The molecule has 2 unspecified atom stereocenters. The van der Waals surface area contributed by atoms with Gasteiger partial charge in [-0.2, -0.15) is 0 Å². The molecular weight excluding hydrogens is 1880 g/mol. The lowest BCUT2D eigenvalue weighted by Crippen LogP contribution is -2.63. The molecule has 1 saturated heterocycles. The first-order valence-electron chi connectivity index (χ1n) is 48.8. The molecule has 6 aromatic rings. The first kappa shape index (κ1) is 115. The number of carboxylic acid groups (broad SMARTS) is 2. The Balaban J connectivity index is 1.23. The van der Waals surface area contributed by atoms with Gasteiger partial charge in [-0.05, 0) is 152 Å². The maximum atomic E-state index is 15.5. The Labute approximate surface area is 840 Å². The van der Waals surface area contributed by atoms with Crippen LogP contribution in [0, 0.1) is 29.6 Å².